The fourth-order valence-corrected chi connectivity index (χ4v) is 1.17. The van der Waals surface area contributed by atoms with Crippen LogP contribution in [0.15, 0.2) is 0 Å². The summed E-state index contributed by atoms with van der Waals surface area (Å²) >= 11 is 0. The van der Waals surface area contributed by atoms with E-state index in [9.17, 15) is 14.7 Å². The molecule has 0 bridgehead atoms. The average Bonchev–Trinajstić information content (AvgIpc) is 1.77. The van der Waals surface area contributed by atoms with Gasteiger partial charge in [0.1, 0.15) is 6.54 Å². The molecule has 8 heteroatoms. The Labute approximate surface area is 127 Å². The van der Waals surface area contributed by atoms with Crippen molar-refractivity contribution in [3.05, 3.63) is 0 Å². The molecule has 0 heterocycles. The summed E-state index contributed by atoms with van der Waals surface area (Å²) < 4.78 is 5.39. The topological polar surface area (TPSA) is 66.4 Å². The van der Waals surface area contributed by atoms with Crippen molar-refractivity contribution in [3.8, 4) is 0 Å². The van der Waals surface area contributed by atoms with Gasteiger partial charge in [-0.2, -0.15) is 0 Å². The number of rotatable bonds is 5. The van der Waals surface area contributed by atoms with E-state index in [0.717, 1.165) is 0 Å². The van der Waals surface area contributed by atoms with Crippen LogP contribution in [-0.4, -0.2) is 50.2 Å². The van der Waals surface area contributed by atoms with Crippen LogP contribution < -0.4 is 29.9 Å². The van der Waals surface area contributed by atoms with Gasteiger partial charge in [-0.25, -0.2) is 0 Å². The molecule has 0 aromatic carbocycles. The molecule has 0 spiro atoms. The second-order valence-corrected chi connectivity index (χ2v) is 4.28. The Kier molecular flexibility index (Phi) is 17.0. The van der Waals surface area contributed by atoms with Crippen LogP contribution in [0.1, 0.15) is 13.3 Å². The maximum absolute atomic E-state index is 10.7. The summed E-state index contributed by atoms with van der Waals surface area (Å²) in [6, 6.07) is 0. The van der Waals surface area contributed by atoms with E-state index < -0.39 is 18.0 Å². The third-order valence-electron chi connectivity index (χ3n) is 1.48. The van der Waals surface area contributed by atoms with Crippen LogP contribution >= 0.6 is 0 Å². The van der Waals surface area contributed by atoms with Gasteiger partial charge in [0.05, 0.1) is 21.1 Å². The minimum absolute atomic E-state index is 0. The molecule has 17 heavy (non-hydrogen) atoms. The fourth-order valence-electron chi connectivity index (χ4n) is 1.17. The van der Waals surface area contributed by atoms with E-state index in [0.29, 0.717) is 11.0 Å². The van der Waals surface area contributed by atoms with E-state index in [4.69, 9.17) is 4.74 Å². The first-order chi connectivity index (χ1) is 6.20. The summed E-state index contributed by atoms with van der Waals surface area (Å²) in [5.74, 6) is -1.67. The average molecular weight is 340 g/mol. The standard InChI is InChI=1S/C9H17NO4.2ClH.Zn/c1-7(11)14-8(5-9(12)13)6-10(2,3)4;;;/h8H,5-6H2,1-4H3;2*1H;/q;;;+2/p-2/t8-;;;/m1.../s1. The number of ether oxygens (including phenoxy) is 1. The predicted octanol–water partition coefficient (Wildman–Crippen LogP) is -7.23. The smallest absolute Gasteiger partial charge is 1.00 e. The van der Waals surface area contributed by atoms with Crippen LogP contribution in [0.4, 0.5) is 0 Å². The second-order valence-electron chi connectivity index (χ2n) is 4.28. The van der Waals surface area contributed by atoms with Crippen LogP contribution in [0.2, 0.25) is 0 Å². The van der Waals surface area contributed by atoms with E-state index in [1.807, 2.05) is 21.1 Å². The fraction of sp³-hybridized carbons (Fsp3) is 0.778. The van der Waals surface area contributed by atoms with Gasteiger partial charge < -0.3 is 43.9 Å². The largest absolute Gasteiger partial charge is 2.00 e. The Bertz CT molecular complexity index is 218. The van der Waals surface area contributed by atoms with E-state index in [2.05, 4.69) is 0 Å². The van der Waals surface area contributed by atoms with Gasteiger partial charge in [0, 0.05) is 19.3 Å². The molecule has 0 amide bonds. The zero-order valence-electron chi connectivity index (χ0n) is 10.5. The summed E-state index contributed by atoms with van der Waals surface area (Å²) in [5, 5.41) is 10.4. The molecule has 0 aromatic rings. The van der Waals surface area contributed by atoms with Gasteiger partial charge in [-0.15, -0.1) is 0 Å². The Balaban J connectivity index is -0.000000282. The summed E-state index contributed by atoms with van der Waals surface area (Å²) in [5.41, 5.74) is 0. The van der Waals surface area contributed by atoms with Crippen molar-refractivity contribution in [2.45, 2.75) is 19.4 Å². The van der Waals surface area contributed by atoms with Crippen LogP contribution in [0.25, 0.3) is 0 Å². The summed E-state index contributed by atoms with van der Waals surface area (Å²) in [6.45, 7) is 1.71. The molecule has 98 valence electrons. The Hall–Kier alpha value is 0.103. The molecule has 0 radical (unpaired) electrons. The number of hydrogen-bond donors (Lipinski definition) is 0. The van der Waals surface area contributed by atoms with E-state index in [1.165, 1.54) is 6.92 Å². The Morgan fingerprint density at radius 3 is 1.88 bits per heavy atom. The van der Waals surface area contributed by atoms with E-state index in [1.54, 1.807) is 0 Å². The molecule has 0 fully saturated rings. The minimum Gasteiger partial charge on any atom is -1.00 e. The SMILES string of the molecule is CC(=O)O[C@H](CC(=O)[O-])C[N+](C)(C)C.[Cl-].[Cl-].[Zn+2]. The molecule has 0 saturated heterocycles. The first-order valence-electron chi connectivity index (χ1n) is 4.38. The van der Waals surface area contributed by atoms with Gasteiger partial charge >= 0.3 is 25.4 Å². The van der Waals surface area contributed by atoms with Gasteiger partial charge in [0.2, 0.25) is 0 Å². The number of esters is 1. The molecule has 0 aromatic heterocycles. The van der Waals surface area contributed by atoms with E-state index in [-0.39, 0.29) is 50.7 Å². The number of quaternary nitrogens is 1. The molecule has 1 atom stereocenters. The molecule has 0 unspecified atom stereocenters. The molecule has 5 nitrogen and oxygen atoms in total. The van der Waals surface area contributed by atoms with Gasteiger partial charge in [-0.1, -0.05) is 0 Å². The number of likely N-dealkylation sites (N-methyl/N-ethyl adjacent to an activating group) is 1. The van der Waals surface area contributed by atoms with Crippen LogP contribution in [-0.2, 0) is 33.8 Å². The van der Waals surface area contributed by atoms with Crippen molar-refractivity contribution < 1.29 is 68.2 Å². The summed E-state index contributed by atoms with van der Waals surface area (Å²) in [4.78, 5) is 21.0. The number of carbonyl (C=O) groups excluding carboxylic acids is 2. The summed E-state index contributed by atoms with van der Waals surface area (Å²) in [6.07, 6.45) is -0.868. The van der Waals surface area contributed by atoms with Crippen molar-refractivity contribution in [1.29, 1.82) is 0 Å². The predicted molar refractivity (Wildman–Crippen MR) is 48.1 cm³/mol. The number of carbonyl (C=O) groups is 2. The maximum Gasteiger partial charge on any atom is 2.00 e. The van der Waals surface area contributed by atoms with Crippen molar-refractivity contribution >= 4 is 11.9 Å². The van der Waals surface area contributed by atoms with Gasteiger partial charge in [-0.3, -0.25) is 4.79 Å². The van der Waals surface area contributed by atoms with Gasteiger partial charge in [-0.05, 0) is 0 Å². The minimum atomic E-state index is -1.20. The second kappa shape index (κ2) is 11.2. The van der Waals surface area contributed by atoms with Crippen LogP contribution in [0.3, 0.4) is 0 Å². The van der Waals surface area contributed by atoms with Crippen LogP contribution in [0.5, 0.6) is 0 Å². The van der Waals surface area contributed by atoms with E-state index >= 15 is 0 Å². The number of nitrogens with zero attached hydrogens (tertiary/aromatic N) is 1. The zero-order valence-corrected chi connectivity index (χ0v) is 15.0. The molecule has 0 aliphatic rings. The van der Waals surface area contributed by atoms with Crippen LogP contribution in [0, 0.1) is 0 Å². The van der Waals surface area contributed by atoms with Crippen molar-refractivity contribution in [2.75, 3.05) is 27.7 Å². The third-order valence-corrected chi connectivity index (χ3v) is 1.48. The normalized spacial score (nSPS) is 11.1. The number of halogens is 2. The van der Waals surface area contributed by atoms with Crippen molar-refractivity contribution in [2.24, 2.45) is 0 Å². The molecule has 0 aliphatic carbocycles. The summed E-state index contributed by atoms with van der Waals surface area (Å²) in [7, 11) is 5.68. The molecular formula is C9H17Cl2NO4Zn. The molecular weight excluding hydrogens is 322 g/mol. The Morgan fingerprint density at radius 1 is 1.24 bits per heavy atom. The number of hydrogen-bond acceptors (Lipinski definition) is 4. The molecule has 0 aliphatic heterocycles. The number of carboxylic acid groups (broad SMARTS) is 1. The first-order valence-corrected chi connectivity index (χ1v) is 4.38. The first kappa shape index (κ1) is 25.8. The van der Waals surface area contributed by atoms with Gasteiger partial charge in [0.25, 0.3) is 0 Å². The van der Waals surface area contributed by atoms with Crippen molar-refractivity contribution in [3.63, 3.8) is 0 Å². The third kappa shape index (κ3) is 18.7. The number of carboxylic acids is 1. The quantitative estimate of drug-likeness (QED) is 0.284. The zero-order chi connectivity index (χ0) is 11.4. The molecule has 0 rings (SSSR count). The molecule has 0 N–H and O–H groups in total. The molecule has 0 saturated carbocycles. The van der Waals surface area contributed by atoms with Gasteiger partial charge in [0.15, 0.2) is 6.10 Å². The maximum atomic E-state index is 10.7. The Morgan fingerprint density at radius 2 is 1.65 bits per heavy atom. The number of aliphatic carboxylic acids is 1. The van der Waals surface area contributed by atoms with Crippen molar-refractivity contribution in [1.82, 2.24) is 0 Å². The monoisotopic (exact) mass is 337 g/mol.